The van der Waals surface area contributed by atoms with E-state index in [1.54, 1.807) is 25.3 Å². The van der Waals surface area contributed by atoms with Crippen LogP contribution >= 0.6 is 0 Å². The van der Waals surface area contributed by atoms with Gasteiger partial charge in [0.25, 0.3) is 0 Å². The van der Waals surface area contributed by atoms with Crippen LogP contribution in [0.1, 0.15) is 10.4 Å². The van der Waals surface area contributed by atoms with E-state index in [9.17, 15) is 9.59 Å². The van der Waals surface area contributed by atoms with Crippen molar-refractivity contribution in [2.24, 2.45) is 0 Å². The minimum Gasteiger partial charge on any atom is -0.497 e. The van der Waals surface area contributed by atoms with Crippen molar-refractivity contribution < 1.29 is 14.3 Å². The van der Waals surface area contributed by atoms with Crippen LogP contribution in [0.4, 0.5) is 0 Å². The van der Waals surface area contributed by atoms with Crippen molar-refractivity contribution in [2.75, 3.05) is 14.2 Å². The first-order valence-corrected chi connectivity index (χ1v) is 7.76. The van der Waals surface area contributed by atoms with E-state index < -0.39 is 0 Å². The third-order valence-electron chi connectivity index (χ3n) is 4.47. The number of pyridine rings is 1. The molecule has 0 spiro atoms. The van der Waals surface area contributed by atoms with Crippen LogP contribution < -0.4 is 14.9 Å². The van der Waals surface area contributed by atoms with Crippen LogP contribution in [-0.4, -0.2) is 25.5 Å². The van der Waals surface area contributed by atoms with Crippen molar-refractivity contribution >= 4 is 38.9 Å². The van der Waals surface area contributed by atoms with Crippen LogP contribution in [0.5, 0.6) is 11.5 Å². The average molecular weight is 333 g/mol. The molecule has 25 heavy (non-hydrogen) atoms. The quantitative estimate of drug-likeness (QED) is 0.459. The summed E-state index contributed by atoms with van der Waals surface area (Å²) in [5.74, 6) is 0.992. The number of aromatic nitrogens is 1. The second kappa shape index (κ2) is 5.63. The first kappa shape index (κ1) is 15.2. The maximum absolute atomic E-state index is 13.1. The van der Waals surface area contributed by atoms with E-state index in [2.05, 4.69) is 4.98 Å². The first-order chi connectivity index (χ1) is 12.2. The van der Waals surface area contributed by atoms with Crippen LogP contribution in [0, 0.1) is 0 Å². The molecule has 0 radical (unpaired) electrons. The van der Waals surface area contributed by atoms with E-state index >= 15 is 0 Å². The Morgan fingerprint density at radius 2 is 1.80 bits per heavy atom. The van der Waals surface area contributed by atoms with E-state index in [0.29, 0.717) is 38.9 Å². The number of methoxy groups -OCH3 is 2. The Hall–Kier alpha value is -3.34. The fraction of sp³-hybridized carbons (Fsp3) is 0.100. The lowest BCUT2D eigenvalue weighted by atomic mass is 9.99. The fourth-order valence-electron chi connectivity index (χ4n) is 3.28. The largest absolute Gasteiger partial charge is 0.497 e. The standard InChI is InChI=1S/C20H15NO4/c1-24-12-8-16-18(17(9-12)25-2)20(23)14-7-11-5-3-4-6-13(11)15(10-22)19(14)21-16/h3-10H,1-2H3,(H,21,23). The molecule has 3 aromatic carbocycles. The van der Waals surface area contributed by atoms with Gasteiger partial charge in [-0.25, -0.2) is 0 Å². The third kappa shape index (κ3) is 2.16. The normalized spacial score (nSPS) is 11.1. The molecule has 0 bridgehead atoms. The van der Waals surface area contributed by atoms with Gasteiger partial charge in [-0.3, -0.25) is 9.59 Å². The van der Waals surface area contributed by atoms with Gasteiger partial charge in [-0.1, -0.05) is 24.3 Å². The smallest absolute Gasteiger partial charge is 0.201 e. The lowest BCUT2D eigenvalue weighted by Crippen LogP contribution is -2.08. The zero-order chi connectivity index (χ0) is 17.6. The Morgan fingerprint density at radius 1 is 1.00 bits per heavy atom. The number of carbonyl (C=O) groups is 1. The summed E-state index contributed by atoms with van der Waals surface area (Å²) >= 11 is 0. The molecule has 4 rings (SSSR count). The Bertz CT molecular complexity index is 1210. The Kier molecular flexibility index (Phi) is 3.42. The number of hydrogen-bond donors (Lipinski definition) is 1. The number of nitrogens with one attached hydrogen (secondary N) is 1. The molecule has 4 aromatic rings. The molecule has 0 saturated heterocycles. The molecule has 1 N–H and O–H groups in total. The average Bonchev–Trinajstić information content (AvgIpc) is 2.65. The van der Waals surface area contributed by atoms with Crippen molar-refractivity contribution in [1.29, 1.82) is 0 Å². The maximum atomic E-state index is 13.1. The fourth-order valence-corrected chi connectivity index (χ4v) is 3.28. The number of hydrogen-bond acceptors (Lipinski definition) is 4. The van der Waals surface area contributed by atoms with Gasteiger partial charge in [0.05, 0.1) is 30.6 Å². The van der Waals surface area contributed by atoms with Crippen molar-refractivity contribution in [3.05, 3.63) is 58.3 Å². The van der Waals surface area contributed by atoms with Crippen LogP contribution in [0.25, 0.3) is 32.6 Å². The van der Waals surface area contributed by atoms with Gasteiger partial charge in [0.1, 0.15) is 11.5 Å². The molecule has 5 heteroatoms. The molecule has 0 aliphatic carbocycles. The molecule has 0 fully saturated rings. The number of aromatic amines is 1. The highest BCUT2D eigenvalue weighted by Gasteiger charge is 2.16. The molecule has 5 nitrogen and oxygen atoms in total. The first-order valence-electron chi connectivity index (χ1n) is 7.76. The summed E-state index contributed by atoms with van der Waals surface area (Å²) in [7, 11) is 3.05. The van der Waals surface area contributed by atoms with Crippen molar-refractivity contribution in [1.82, 2.24) is 4.98 Å². The summed E-state index contributed by atoms with van der Waals surface area (Å²) in [6, 6.07) is 12.7. The molecule has 0 amide bonds. The van der Waals surface area contributed by atoms with Crippen molar-refractivity contribution in [3.63, 3.8) is 0 Å². The van der Waals surface area contributed by atoms with Gasteiger partial charge in [-0.2, -0.15) is 0 Å². The van der Waals surface area contributed by atoms with E-state index in [1.165, 1.54) is 7.11 Å². The summed E-state index contributed by atoms with van der Waals surface area (Å²) in [5, 5.41) is 2.53. The molecule has 124 valence electrons. The predicted octanol–water partition coefficient (Wildman–Crippen LogP) is 3.66. The molecule has 1 heterocycles. The minimum absolute atomic E-state index is 0.183. The number of fused-ring (bicyclic) bond motifs is 3. The summed E-state index contributed by atoms with van der Waals surface area (Å²) in [4.78, 5) is 28.1. The summed E-state index contributed by atoms with van der Waals surface area (Å²) in [5.41, 5.74) is 1.36. The Labute approximate surface area is 142 Å². The van der Waals surface area contributed by atoms with Crippen LogP contribution in [0.2, 0.25) is 0 Å². The third-order valence-corrected chi connectivity index (χ3v) is 4.47. The minimum atomic E-state index is -0.183. The lowest BCUT2D eigenvalue weighted by molar-refractivity contribution is 0.112. The zero-order valence-corrected chi connectivity index (χ0v) is 13.8. The molecular formula is C20H15NO4. The van der Waals surface area contributed by atoms with Gasteiger partial charge in [-0.15, -0.1) is 0 Å². The topological polar surface area (TPSA) is 68.4 Å². The molecule has 0 saturated carbocycles. The Morgan fingerprint density at radius 3 is 2.52 bits per heavy atom. The van der Waals surface area contributed by atoms with Gasteiger partial charge in [0, 0.05) is 23.1 Å². The summed E-state index contributed by atoms with van der Waals surface area (Å²) in [6.07, 6.45) is 0.782. The van der Waals surface area contributed by atoms with E-state index in [1.807, 2.05) is 24.3 Å². The van der Waals surface area contributed by atoms with E-state index in [-0.39, 0.29) is 5.43 Å². The van der Waals surface area contributed by atoms with Crippen molar-refractivity contribution in [3.8, 4) is 11.5 Å². The van der Waals surface area contributed by atoms with Gasteiger partial charge in [0.2, 0.25) is 5.43 Å². The van der Waals surface area contributed by atoms with Crippen LogP contribution in [0.15, 0.2) is 47.3 Å². The number of benzene rings is 3. The number of rotatable bonds is 3. The number of carbonyl (C=O) groups excluding carboxylic acids is 1. The van der Waals surface area contributed by atoms with Gasteiger partial charge >= 0.3 is 0 Å². The monoisotopic (exact) mass is 333 g/mol. The lowest BCUT2D eigenvalue weighted by Gasteiger charge is -2.12. The van der Waals surface area contributed by atoms with E-state index in [0.717, 1.165) is 17.1 Å². The van der Waals surface area contributed by atoms with E-state index in [4.69, 9.17) is 9.47 Å². The highest BCUT2D eigenvalue weighted by Crippen LogP contribution is 2.31. The zero-order valence-electron chi connectivity index (χ0n) is 13.8. The Balaban J connectivity index is 2.28. The maximum Gasteiger partial charge on any atom is 0.201 e. The van der Waals surface area contributed by atoms with Gasteiger partial charge < -0.3 is 14.5 Å². The SMILES string of the molecule is COc1cc(OC)c2c(=O)c3cc4ccccc4c(C=O)c3[nH]c2c1. The second-order valence-electron chi connectivity index (χ2n) is 5.76. The predicted molar refractivity (Wildman–Crippen MR) is 98.1 cm³/mol. The second-order valence-corrected chi connectivity index (χ2v) is 5.76. The van der Waals surface area contributed by atoms with Crippen LogP contribution in [-0.2, 0) is 0 Å². The van der Waals surface area contributed by atoms with Gasteiger partial charge in [0.15, 0.2) is 6.29 Å². The molecule has 1 aromatic heterocycles. The number of ether oxygens (including phenoxy) is 2. The number of aldehydes is 1. The van der Waals surface area contributed by atoms with Crippen LogP contribution in [0.3, 0.4) is 0 Å². The molecule has 0 unspecified atom stereocenters. The molecular weight excluding hydrogens is 318 g/mol. The highest BCUT2D eigenvalue weighted by molar-refractivity contribution is 6.13. The summed E-state index contributed by atoms with van der Waals surface area (Å²) in [6.45, 7) is 0. The highest BCUT2D eigenvalue weighted by atomic mass is 16.5. The molecule has 0 atom stereocenters. The van der Waals surface area contributed by atoms with Gasteiger partial charge in [-0.05, 0) is 16.8 Å². The molecule has 0 aliphatic rings. The molecule has 0 aliphatic heterocycles. The summed E-state index contributed by atoms with van der Waals surface area (Å²) < 4.78 is 10.6. The number of H-pyrrole nitrogens is 1. The van der Waals surface area contributed by atoms with Crippen molar-refractivity contribution in [2.45, 2.75) is 0 Å².